The van der Waals surface area contributed by atoms with Gasteiger partial charge in [0, 0.05) is 18.7 Å². The Bertz CT molecular complexity index is 441. The molecule has 1 amide bonds. The zero-order chi connectivity index (χ0) is 13.3. The van der Waals surface area contributed by atoms with Crippen molar-refractivity contribution in [2.45, 2.75) is 32.5 Å². The minimum absolute atomic E-state index is 0.0935. The van der Waals surface area contributed by atoms with Gasteiger partial charge in [-0.15, -0.1) is 11.6 Å². The number of carbonyl (C=O) groups excluding carboxylic acids is 1. The second-order valence-corrected chi connectivity index (χ2v) is 5.58. The molecule has 4 nitrogen and oxygen atoms in total. The molecule has 0 bridgehead atoms. The predicted molar refractivity (Wildman–Crippen MR) is 69.0 cm³/mol. The van der Waals surface area contributed by atoms with Crippen molar-refractivity contribution >= 4 is 17.5 Å². The number of alkyl halides is 1. The van der Waals surface area contributed by atoms with E-state index >= 15 is 0 Å². The lowest BCUT2D eigenvalue weighted by Crippen LogP contribution is -2.55. The average Bonchev–Trinajstić information content (AvgIpc) is 2.72. The van der Waals surface area contributed by atoms with Gasteiger partial charge in [0.2, 0.25) is 0 Å². The van der Waals surface area contributed by atoms with E-state index in [-0.39, 0.29) is 17.6 Å². The number of hydrogen-bond donors (Lipinski definition) is 0. The number of aryl methyl sites for hydroxylation is 1. The molecule has 2 rings (SSSR count). The normalized spacial score (nSPS) is 23.1. The van der Waals surface area contributed by atoms with Crippen molar-refractivity contribution in [2.24, 2.45) is 0 Å². The van der Waals surface area contributed by atoms with Crippen molar-refractivity contribution < 1.29 is 13.9 Å². The Balaban J connectivity index is 2.17. The summed E-state index contributed by atoms with van der Waals surface area (Å²) in [5, 5.41) is 0. The largest absolute Gasteiger partial charge is 0.459 e. The van der Waals surface area contributed by atoms with Gasteiger partial charge in [-0.2, -0.15) is 0 Å². The maximum absolute atomic E-state index is 12.4. The van der Waals surface area contributed by atoms with E-state index in [2.05, 4.69) is 0 Å². The molecule has 1 atom stereocenters. The lowest BCUT2D eigenvalue weighted by molar-refractivity contribution is -0.117. The summed E-state index contributed by atoms with van der Waals surface area (Å²) >= 11 is 5.85. The highest BCUT2D eigenvalue weighted by Gasteiger charge is 2.36. The molecule has 1 aromatic heterocycles. The number of ether oxygens (including phenoxy) is 1. The van der Waals surface area contributed by atoms with Gasteiger partial charge in [0.05, 0.1) is 23.8 Å². The minimum atomic E-state index is -0.381. The van der Waals surface area contributed by atoms with Crippen molar-refractivity contribution in [2.75, 3.05) is 19.0 Å². The molecule has 100 valence electrons. The van der Waals surface area contributed by atoms with Crippen LogP contribution in [-0.2, 0) is 4.74 Å². The number of hydrogen-bond acceptors (Lipinski definition) is 3. The second-order valence-electron chi connectivity index (χ2n) is 5.27. The van der Waals surface area contributed by atoms with Crippen molar-refractivity contribution in [1.29, 1.82) is 0 Å². The Kier molecular flexibility index (Phi) is 3.69. The maximum atomic E-state index is 12.4. The first kappa shape index (κ1) is 13.4. The molecule has 1 fully saturated rings. The second kappa shape index (κ2) is 4.94. The summed E-state index contributed by atoms with van der Waals surface area (Å²) in [4.78, 5) is 14.1. The van der Waals surface area contributed by atoms with Crippen LogP contribution in [0.15, 0.2) is 16.7 Å². The Hall–Kier alpha value is -1.00. The molecule has 0 spiro atoms. The smallest absolute Gasteiger partial charge is 0.290 e. The summed E-state index contributed by atoms with van der Waals surface area (Å²) in [6.07, 6.45) is 1.40. The molecular weight excluding hydrogens is 254 g/mol. The van der Waals surface area contributed by atoms with Gasteiger partial charge in [-0.3, -0.25) is 4.79 Å². The fourth-order valence-electron chi connectivity index (χ4n) is 2.27. The highest BCUT2D eigenvalue weighted by Crippen LogP contribution is 2.24. The van der Waals surface area contributed by atoms with E-state index in [1.165, 1.54) is 6.26 Å². The first-order valence-electron chi connectivity index (χ1n) is 6.00. The highest BCUT2D eigenvalue weighted by atomic mass is 35.5. The van der Waals surface area contributed by atoms with Crippen molar-refractivity contribution in [3.63, 3.8) is 0 Å². The lowest BCUT2D eigenvalue weighted by Gasteiger charge is -2.42. The summed E-state index contributed by atoms with van der Waals surface area (Å²) in [5.74, 6) is 0.690. The Morgan fingerprint density at radius 1 is 1.61 bits per heavy atom. The SMILES string of the molecule is Cc1ccoc1C(=O)N1CC(CCl)OC(C)(C)C1. The molecule has 0 aromatic carbocycles. The third-order valence-corrected chi connectivity index (χ3v) is 3.34. The highest BCUT2D eigenvalue weighted by molar-refractivity contribution is 6.18. The van der Waals surface area contributed by atoms with Gasteiger partial charge in [-0.25, -0.2) is 0 Å². The van der Waals surface area contributed by atoms with Crippen LogP contribution in [0.25, 0.3) is 0 Å². The molecule has 18 heavy (non-hydrogen) atoms. The monoisotopic (exact) mass is 271 g/mol. The fourth-order valence-corrected chi connectivity index (χ4v) is 2.43. The van der Waals surface area contributed by atoms with Crippen LogP contribution in [0.1, 0.15) is 30.0 Å². The third-order valence-electron chi connectivity index (χ3n) is 3.00. The first-order chi connectivity index (χ1) is 8.43. The molecule has 5 heteroatoms. The summed E-state index contributed by atoms with van der Waals surface area (Å²) in [7, 11) is 0. The van der Waals surface area contributed by atoms with E-state index in [1.807, 2.05) is 20.8 Å². The van der Waals surface area contributed by atoms with Crippen LogP contribution in [0.3, 0.4) is 0 Å². The number of halogens is 1. The molecule has 1 aliphatic heterocycles. The average molecular weight is 272 g/mol. The van der Waals surface area contributed by atoms with Crippen LogP contribution in [0, 0.1) is 6.92 Å². The van der Waals surface area contributed by atoms with Crippen LogP contribution >= 0.6 is 11.6 Å². The van der Waals surface area contributed by atoms with Crippen LogP contribution in [0.2, 0.25) is 0 Å². The Morgan fingerprint density at radius 3 is 2.89 bits per heavy atom. The van der Waals surface area contributed by atoms with Crippen LogP contribution in [0.5, 0.6) is 0 Å². The number of nitrogens with zero attached hydrogens (tertiary/aromatic N) is 1. The number of carbonyl (C=O) groups is 1. The molecule has 0 saturated carbocycles. The summed E-state index contributed by atoms with van der Waals surface area (Å²) in [6, 6.07) is 1.79. The van der Waals surface area contributed by atoms with E-state index in [4.69, 9.17) is 20.8 Å². The number of rotatable bonds is 2. The molecule has 1 saturated heterocycles. The van der Waals surface area contributed by atoms with E-state index in [9.17, 15) is 4.79 Å². The van der Waals surface area contributed by atoms with E-state index in [0.717, 1.165) is 5.56 Å². The Labute approximate surface area is 112 Å². The van der Waals surface area contributed by atoms with E-state index < -0.39 is 0 Å². The van der Waals surface area contributed by atoms with Crippen molar-refractivity contribution in [3.05, 3.63) is 23.7 Å². The van der Waals surface area contributed by atoms with Crippen LogP contribution in [-0.4, -0.2) is 41.5 Å². The van der Waals surface area contributed by atoms with Gasteiger partial charge in [0.25, 0.3) is 5.91 Å². The topological polar surface area (TPSA) is 42.7 Å². The van der Waals surface area contributed by atoms with Crippen molar-refractivity contribution in [1.82, 2.24) is 4.90 Å². The van der Waals surface area contributed by atoms with Gasteiger partial charge < -0.3 is 14.1 Å². The van der Waals surface area contributed by atoms with Crippen molar-refractivity contribution in [3.8, 4) is 0 Å². The molecule has 0 aliphatic carbocycles. The third kappa shape index (κ3) is 2.70. The maximum Gasteiger partial charge on any atom is 0.290 e. The summed E-state index contributed by atoms with van der Waals surface area (Å²) < 4.78 is 11.0. The van der Waals surface area contributed by atoms with Gasteiger partial charge >= 0.3 is 0 Å². The molecule has 1 unspecified atom stereocenters. The molecule has 0 N–H and O–H groups in total. The van der Waals surface area contributed by atoms with E-state index in [1.54, 1.807) is 11.0 Å². The first-order valence-corrected chi connectivity index (χ1v) is 6.53. The molecular formula is C13H18ClNO3. The van der Waals surface area contributed by atoms with E-state index in [0.29, 0.717) is 24.7 Å². The van der Waals surface area contributed by atoms with Gasteiger partial charge in [-0.1, -0.05) is 0 Å². The fraction of sp³-hybridized carbons (Fsp3) is 0.615. The number of furan rings is 1. The number of amides is 1. The predicted octanol–water partition coefficient (Wildman–Crippen LogP) is 2.45. The standard InChI is InChI=1S/C13H18ClNO3/c1-9-4-5-17-11(9)12(16)15-7-10(6-14)18-13(2,3)8-15/h4-5,10H,6-8H2,1-3H3. The zero-order valence-corrected chi connectivity index (χ0v) is 11.7. The quantitative estimate of drug-likeness (QED) is 0.776. The number of morpholine rings is 1. The Morgan fingerprint density at radius 2 is 2.33 bits per heavy atom. The molecule has 1 aliphatic rings. The summed E-state index contributed by atoms with van der Waals surface area (Å²) in [6.45, 7) is 6.83. The van der Waals surface area contributed by atoms with Gasteiger partial charge in [0.15, 0.2) is 5.76 Å². The molecule has 2 heterocycles. The zero-order valence-electron chi connectivity index (χ0n) is 10.9. The minimum Gasteiger partial charge on any atom is -0.459 e. The van der Waals surface area contributed by atoms with Crippen LogP contribution in [0.4, 0.5) is 0 Å². The molecule has 1 aromatic rings. The van der Waals surface area contributed by atoms with Crippen LogP contribution < -0.4 is 0 Å². The summed E-state index contributed by atoms with van der Waals surface area (Å²) in [5.41, 5.74) is 0.472. The molecule has 0 radical (unpaired) electrons. The lowest BCUT2D eigenvalue weighted by atomic mass is 10.0. The van der Waals surface area contributed by atoms with Gasteiger partial charge in [-0.05, 0) is 26.8 Å². The van der Waals surface area contributed by atoms with Gasteiger partial charge in [0.1, 0.15) is 0 Å².